The molecule has 0 radical (unpaired) electrons. The predicted octanol–water partition coefficient (Wildman–Crippen LogP) is 4.78. The molecule has 0 aliphatic carbocycles. The van der Waals surface area contributed by atoms with Crippen molar-refractivity contribution in [1.29, 1.82) is 0 Å². The average Bonchev–Trinajstić information content (AvgIpc) is 3.39. The van der Waals surface area contributed by atoms with E-state index in [0.717, 1.165) is 23.3 Å². The molecule has 0 saturated carbocycles. The predicted molar refractivity (Wildman–Crippen MR) is 121 cm³/mol. The van der Waals surface area contributed by atoms with Gasteiger partial charge in [-0.15, -0.1) is 10.2 Å². The highest BCUT2D eigenvalue weighted by atomic mass is 19.4. The van der Waals surface area contributed by atoms with Crippen LogP contribution >= 0.6 is 0 Å². The molecule has 3 heterocycles. The number of urea groups is 1. The molecule has 35 heavy (non-hydrogen) atoms. The van der Waals surface area contributed by atoms with Crippen molar-refractivity contribution < 1.29 is 27.1 Å². The third-order valence-corrected chi connectivity index (χ3v) is 6.52. The molecule has 0 spiro atoms. The van der Waals surface area contributed by atoms with E-state index >= 15 is 0 Å². The Morgan fingerprint density at radius 1 is 0.886 bits per heavy atom. The third kappa shape index (κ3) is 5.17. The number of alkyl halides is 3. The zero-order valence-electron chi connectivity index (χ0n) is 18.9. The van der Waals surface area contributed by atoms with Crippen molar-refractivity contribution in [3.05, 3.63) is 71.6 Å². The van der Waals surface area contributed by atoms with E-state index in [2.05, 4.69) is 10.2 Å². The fourth-order valence-electron chi connectivity index (χ4n) is 4.67. The van der Waals surface area contributed by atoms with Crippen molar-refractivity contribution in [3.63, 3.8) is 0 Å². The molecule has 5 rings (SSSR count). The molecule has 1 aromatic heterocycles. The molecule has 2 aliphatic rings. The third-order valence-electron chi connectivity index (χ3n) is 6.52. The Hall–Kier alpha value is -3.40. The smallest absolute Gasteiger partial charge is 0.416 e. The summed E-state index contributed by atoms with van der Waals surface area (Å²) in [5.41, 5.74) is 0.840. The van der Waals surface area contributed by atoms with Crippen molar-refractivity contribution >= 4 is 6.03 Å². The molecule has 2 saturated heterocycles. The van der Waals surface area contributed by atoms with Gasteiger partial charge in [0.1, 0.15) is 0 Å². The summed E-state index contributed by atoms with van der Waals surface area (Å²) >= 11 is 0. The maximum Gasteiger partial charge on any atom is 0.416 e. The van der Waals surface area contributed by atoms with Crippen molar-refractivity contribution in [3.8, 4) is 11.5 Å². The second kappa shape index (κ2) is 9.69. The normalized spacial score (nSPS) is 21.2. The maximum absolute atomic E-state index is 13.3. The van der Waals surface area contributed by atoms with Crippen LogP contribution in [-0.4, -0.2) is 65.4 Å². The number of piperidine rings is 1. The van der Waals surface area contributed by atoms with E-state index in [-0.39, 0.29) is 17.9 Å². The van der Waals surface area contributed by atoms with E-state index in [1.807, 2.05) is 30.3 Å². The summed E-state index contributed by atoms with van der Waals surface area (Å²) in [4.78, 5) is 16.8. The number of hydrogen-bond donors (Lipinski definition) is 0. The number of amides is 2. The highest BCUT2D eigenvalue weighted by molar-refractivity contribution is 5.75. The van der Waals surface area contributed by atoms with Gasteiger partial charge in [-0.2, -0.15) is 13.2 Å². The molecule has 2 aliphatic heterocycles. The van der Waals surface area contributed by atoms with Crippen LogP contribution in [0.3, 0.4) is 0 Å². The Balaban J connectivity index is 1.41. The molecule has 7 nitrogen and oxygen atoms in total. The fraction of sp³-hybridized carbons (Fsp3) is 0.400. The summed E-state index contributed by atoms with van der Waals surface area (Å²) in [6.07, 6.45) is -3.82. The quantitative estimate of drug-likeness (QED) is 0.533. The number of hydrogen-bond acceptors (Lipinski definition) is 5. The van der Waals surface area contributed by atoms with Crippen LogP contribution in [-0.2, 0) is 10.9 Å². The van der Waals surface area contributed by atoms with Gasteiger partial charge in [-0.25, -0.2) is 4.79 Å². The molecule has 3 aromatic rings. The Labute approximate surface area is 200 Å². The van der Waals surface area contributed by atoms with E-state index in [1.54, 1.807) is 9.80 Å². The molecular weight excluding hydrogens is 461 g/mol. The van der Waals surface area contributed by atoms with Crippen LogP contribution in [0.2, 0.25) is 0 Å². The van der Waals surface area contributed by atoms with Gasteiger partial charge < -0.3 is 19.0 Å². The van der Waals surface area contributed by atoms with Crippen LogP contribution in [0.5, 0.6) is 0 Å². The van der Waals surface area contributed by atoms with Gasteiger partial charge in [0.25, 0.3) is 0 Å². The van der Waals surface area contributed by atoms with Crippen molar-refractivity contribution in [2.45, 2.75) is 24.4 Å². The SMILES string of the molecule is O=C(N1CCOCC1)N1CC(c2ccc(C(F)(F)F)cc2)CC(c2nnc(-c3ccccc3)o2)C1. The second-order valence-electron chi connectivity index (χ2n) is 8.85. The lowest BCUT2D eigenvalue weighted by molar-refractivity contribution is -0.137. The fourth-order valence-corrected chi connectivity index (χ4v) is 4.67. The van der Waals surface area contributed by atoms with Gasteiger partial charge in [0.05, 0.1) is 24.7 Å². The second-order valence-corrected chi connectivity index (χ2v) is 8.85. The molecule has 2 atom stereocenters. The number of halogens is 3. The Morgan fingerprint density at radius 2 is 1.57 bits per heavy atom. The van der Waals surface area contributed by atoms with Gasteiger partial charge in [0.2, 0.25) is 11.8 Å². The molecule has 184 valence electrons. The van der Waals surface area contributed by atoms with Crippen molar-refractivity contribution in [1.82, 2.24) is 20.0 Å². The molecule has 2 fully saturated rings. The number of ether oxygens (including phenoxy) is 1. The Morgan fingerprint density at radius 3 is 2.26 bits per heavy atom. The summed E-state index contributed by atoms with van der Waals surface area (Å²) < 4.78 is 50.5. The molecular formula is C25H25F3N4O3. The minimum absolute atomic E-state index is 0.113. The number of rotatable bonds is 3. The molecule has 2 amide bonds. The highest BCUT2D eigenvalue weighted by Crippen LogP contribution is 2.38. The lowest BCUT2D eigenvalue weighted by atomic mass is 9.84. The monoisotopic (exact) mass is 486 g/mol. The van der Waals surface area contributed by atoms with Gasteiger partial charge in [-0.05, 0) is 36.2 Å². The van der Waals surface area contributed by atoms with E-state index in [0.29, 0.717) is 57.6 Å². The first-order valence-corrected chi connectivity index (χ1v) is 11.6. The van der Waals surface area contributed by atoms with Crippen molar-refractivity contribution in [2.75, 3.05) is 39.4 Å². The number of aromatic nitrogens is 2. The molecule has 0 N–H and O–H groups in total. The first-order chi connectivity index (χ1) is 16.9. The molecule has 10 heteroatoms. The number of benzene rings is 2. The molecule has 0 bridgehead atoms. The largest absolute Gasteiger partial charge is 0.420 e. The van der Waals surface area contributed by atoms with Crippen LogP contribution in [0.25, 0.3) is 11.5 Å². The lowest BCUT2D eigenvalue weighted by Gasteiger charge is -2.40. The first kappa shape index (κ1) is 23.3. The van der Waals surface area contributed by atoms with Gasteiger partial charge in [-0.3, -0.25) is 0 Å². The summed E-state index contributed by atoms with van der Waals surface area (Å²) in [6.45, 7) is 2.76. The van der Waals surface area contributed by atoms with Crippen LogP contribution in [0, 0.1) is 0 Å². The topological polar surface area (TPSA) is 71.7 Å². The van der Waals surface area contributed by atoms with Crippen LogP contribution in [0.4, 0.5) is 18.0 Å². The van der Waals surface area contributed by atoms with Crippen molar-refractivity contribution in [2.24, 2.45) is 0 Å². The minimum atomic E-state index is -4.40. The maximum atomic E-state index is 13.3. The van der Waals surface area contributed by atoms with Gasteiger partial charge in [-0.1, -0.05) is 30.3 Å². The van der Waals surface area contributed by atoms with Gasteiger partial charge in [0.15, 0.2) is 0 Å². The number of carbonyl (C=O) groups excluding carboxylic acids is 1. The first-order valence-electron chi connectivity index (χ1n) is 11.6. The summed E-state index contributed by atoms with van der Waals surface area (Å²) in [5, 5.41) is 8.45. The van der Waals surface area contributed by atoms with Crippen LogP contribution in [0.1, 0.15) is 35.3 Å². The zero-order chi connectivity index (χ0) is 24.4. The number of carbonyl (C=O) groups is 1. The number of morpholine rings is 1. The van der Waals surface area contributed by atoms with E-state index in [4.69, 9.17) is 9.15 Å². The summed E-state index contributed by atoms with van der Waals surface area (Å²) in [6, 6.07) is 14.5. The summed E-state index contributed by atoms with van der Waals surface area (Å²) in [7, 11) is 0. The van der Waals surface area contributed by atoms with Gasteiger partial charge in [0, 0.05) is 37.7 Å². The van der Waals surface area contributed by atoms with Crippen LogP contribution in [0.15, 0.2) is 59.0 Å². The average molecular weight is 486 g/mol. The summed E-state index contributed by atoms with van der Waals surface area (Å²) in [5.74, 6) is 0.391. The Kier molecular flexibility index (Phi) is 6.46. The Bertz CT molecular complexity index is 1140. The lowest BCUT2D eigenvalue weighted by Crippen LogP contribution is -2.52. The van der Waals surface area contributed by atoms with E-state index in [1.165, 1.54) is 12.1 Å². The molecule has 2 aromatic carbocycles. The van der Waals surface area contributed by atoms with Gasteiger partial charge >= 0.3 is 12.2 Å². The molecule has 2 unspecified atom stereocenters. The van der Waals surface area contributed by atoms with Crippen LogP contribution < -0.4 is 0 Å². The standard InChI is InChI=1S/C25H25F3N4O3/c26-25(27,28)21-8-6-17(7-9-21)19-14-20(16-32(15-19)24(33)31-10-12-34-13-11-31)23-30-29-22(35-23)18-4-2-1-3-5-18/h1-9,19-20H,10-16H2. The van der Waals surface area contributed by atoms with E-state index in [9.17, 15) is 18.0 Å². The zero-order valence-corrected chi connectivity index (χ0v) is 18.9. The highest BCUT2D eigenvalue weighted by Gasteiger charge is 2.37. The number of likely N-dealkylation sites (tertiary alicyclic amines) is 1. The minimum Gasteiger partial charge on any atom is -0.420 e. The van der Waals surface area contributed by atoms with E-state index < -0.39 is 11.7 Å². The number of nitrogens with zero attached hydrogens (tertiary/aromatic N) is 4.